The first-order valence-corrected chi connectivity index (χ1v) is 7.67. The van der Waals surface area contributed by atoms with E-state index in [2.05, 4.69) is 24.5 Å². The zero-order valence-electron chi connectivity index (χ0n) is 12.7. The Balaban J connectivity index is 1.69. The Morgan fingerprint density at radius 2 is 2.19 bits per heavy atom. The predicted molar refractivity (Wildman–Crippen MR) is 82.3 cm³/mol. The van der Waals surface area contributed by atoms with Crippen LogP contribution >= 0.6 is 0 Å². The standard InChI is InChI=1S/C17H22N2O2/c1-17(2)7-3-4-13(10-17)18-16(21)12-6-5-11-9-15(20)19-14(11)8-12/h5-6,8,13H,3-4,7,9-10H2,1-2H3,(H,18,21)(H,19,20). The average Bonchev–Trinajstić information content (AvgIpc) is 2.76. The van der Waals surface area contributed by atoms with Crippen molar-refractivity contribution in [1.82, 2.24) is 5.32 Å². The topological polar surface area (TPSA) is 58.2 Å². The van der Waals surface area contributed by atoms with E-state index in [1.807, 2.05) is 12.1 Å². The van der Waals surface area contributed by atoms with Gasteiger partial charge in [0.05, 0.1) is 6.42 Å². The quantitative estimate of drug-likeness (QED) is 0.878. The Kier molecular flexibility index (Phi) is 3.47. The van der Waals surface area contributed by atoms with Gasteiger partial charge in [0.15, 0.2) is 0 Å². The first-order chi connectivity index (χ1) is 9.93. The van der Waals surface area contributed by atoms with Gasteiger partial charge in [0, 0.05) is 17.3 Å². The summed E-state index contributed by atoms with van der Waals surface area (Å²) >= 11 is 0. The van der Waals surface area contributed by atoms with Crippen LogP contribution in [0.5, 0.6) is 0 Å². The first-order valence-electron chi connectivity index (χ1n) is 7.67. The second-order valence-electron chi connectivity index (χ2n) is 7.03. The molecule has 3 rings (SSSR count). The van der Waals surface area contributed by atoms with E-state index in [1.54, 1.807) is 6.07 Å². The number of fused-ring (bicyclic) bond motifs is 1. The molecule has 112 valence electrons. The molecule has 1 unspecified atom stereocenters. The molecule has 0 saturated heterocycles. The molecule has 1 atom stereocenters. The summed E-state index contributed by atoms with van der Waals surface area (Å²) in [5, 5.41) is 5.93. The molecule has 1 aromatic carbocycles. The summed E-state index contributed by atoms with van der Waals surface area (Å²) in [6, 6.07) is 5.71. The molecule has 0 spiro atoms. The first kappa shape index (κ1) is 14.1. The van der Waals surface area contributed by atoms with Gasteiger partial charge in [-0.1, -0.05) is 26.3 Å². The molecule has 0 radical (unpaired) electrons. The van der Waals surface area contributed by atoms with Gasteiger partial charge in [0.1, 0.15) is 0 Å². The molecule has 1 aliphatic carbocycles. The highest BCUT2D eigenvalue weighted by Crippen LogP contribution is 2.35. The summed E-state index contributed by atoms with van der Waals surface area (Å²) in [4.78, 5) is 23.7. The largest absolute Gasteiger partial charge is 0.349 e. The average molecular weight is 286 g/mol. The van der Waals surface area contributed by atoms with E-state index in [4.69, 9.17) is 0 Å². The van der Waals surface area contributed by atoms with E-state index in [0.29, 0.717) is 17.4 Å². The molecule has 2 aliphatic rings. The van der Waals surface area contributed by atoms with E-state index in [0.717, 1.165) is 30.5 Å². The third-order valence-electron chi connectivity index (χ3n) is 4.54. The third kappa shape index (κ3) is 3.09. The van der Waals surface area contributed by atoms with Gasteiger partial charge < -0.3 is 10.6 Å². The Morgan fingerprint density at radius 1 is 1.38 bits per heavy atom. The number of anilines is 1. The lowest BCUT2D eigenvalue weighted by atomic mass is 9.75. The third-order valence-corrected chi connectivity index (χ3v) is 4.54. The molecule has 1 heterocycles. The maximum atomic E-state index is 12.4. The molecule has 0 bridgehead atoms. The zero-order valence-corrected chi connectivity index (χ0v) is 12.7. The van der Waals surface area contributed by atoms with Gasteiger partial charge in [0.2, 0.25) is 5.91 Å². The Bertz CT molecular complexity index is 592. The van der Waals surface area contributed by atoms with E-state index < -0.39 is 0 Å². The number of carbonyl (C=O) groups is 2. The van der Waals surface area contributed by atoms with Crippen molar-refractivity contribution in [2.75, 3.05) is 5.32 Å². The second-order valence-corrected chi connectivity index (χ2v) is 7.03. The van der Waals surface area contributed by atoms with Crippen molar-refractivity contribution in [3.63, 3.8) is 0 Å². The van der Waals surface area contributed by atoms with Gasteiger partial charge in [-0.15, -0.1) is 0 Å². The highest BCUT2D eigenvalue weighted by atomic mass is 16.2. The van der Waals surface area contributed by atoms with Crippen molar-refractivity contribution in [3.05, 3.63) is 29.3 Å². The summed E-state index contributed by atoms with van der Waals surface area (Å²) in [5.41, 5.74) is 2.67. The Labute approximate surface area is 125 Å². The fourth-order valence-electron chi connectivity index (χ4n) is 3.45. The van der Waals surface area contributed by atoms with Gasteiger partial charge in [0.25, 0.3) is 5.91 Å². The molecule has 4 heteroatoms. The van der Waals surface area contributed by atoms with Crippen LogP contribution in [0.2, 0.25) is 0 Å². The van der Waals surface area contributed by atoms with Crippen LogP contribution in [0, 0.1) is 5.41 Å². The molecule has 1 fully saturated rings. The van der Waals surface area contributed by atoms with Gasteiger partial charge >= 0.3 is 0 Å². The van der Waals surface area contributed by atoms with Gasteiger partial charge in [-0.05, 0) is 42.4 Å². The smallest absolute Gasteiger partial charge is 0.251 e. The van der Waals surface area contributed by atoms with Crippen LogP contribution in [-0.2, 0) is 11.2 Å². The Morgan fingerprint density at radius 3 is 2.95 bits per heavy atom. The summed E-state index contributed by atoms with van der Waals surface area (Å²) < 4.78 is 0. The fourth-order valence-corrected chi connectivity index (χ4v) is 3.45. The molecule has 1 aliphatic heterocycles. The Hall–Kier alpha value is -1.84. The van der Waals surface area contributed by atoms with Crippen LogP contribution in [0.4, 0.5) is 5.69 Å². The van der Waals surface area contributed by atoms with Gasteiger partial charge in [-0.3, -0.25) is 9.59 Å². The summed E-state index contributed by atoms with van der Waals surface area (Å²) in [5.74, 6) is -0.0433. The van der Waals surface area contributed by atoms with E-state index in [-0.39, 0.29) is 17.9 Å². The van der Waals surface area contributed by atoms with E-state index in [9.17, 15) is 9.59 Å². The number of rotatable bonds is 2. The summed E-state index contributed by atoms with van der Waals surface area (Å²) in [7, 11) is 0. The highest BCUT2D eigenvalue weighted by Gasteiger charge is 2.29. The normalized spacial score (nSPS) is 23.3. The number of amides is 2. The van der Waals surface area contributed by atoms with Crippen molar-refractivity contribution in [1.29, 1.82) is 0 Å². The number of hydrogen-bond acceptors (Lipinski definition) is 2. The van der Waals surface area contributed by atoms with Crippen LogP contribution in [0.3, 0.4) is 0 Å². The lowest BCUT2D eigenvalue weighted by molar-refractivity contribution is -0.115. The minimum Gasteiger partial charge on any atom is -0.349 e. The molecule has 4 nitrogen and oxygen atoms in total. The molecule has 0 aromatic heterocycles. The molecule has 2 amide bonds. The van der Waals surface area contributed by atoms with Crippen LogP contribution < -0.4 is 10.6 Å². The number of carbonyl (C=O) groups excluding carboxylic acids is 2. The minimum absolute atomic E-state index is 0.00316. The molecule has 1 aromatic rings. The monoisotopic (exact) mass is 286 g/mol. The van der Waals surface area contributed by atoms with Crippen molar-refractivity contribution in [2.24, 2.45) is 5.41 Å². The molecule has 1 saturated carbocycles. The molecular formula is C17H22N2O2. The number of nitrogens with one attached hydrogen (secondary N) is 2. The lowest BCUT2D eigenvalue weighted by Gasteiger charge is -2.35. The highest BCUT2D eigenvalue weighted by molar-refractivity contribution is 6.02. The van der Waals surface area contributed by atoms with E-state index in [1.165, 1.54) is 6.42 Å². The van der Waals surface area contributed by atoms with Crippen molar-refractivity contribution in [3.8, 4) is 0 Å². The molecular weight excluding hydrogens is 264 g/mol. The van der Waals surface area contributed by atoms with Crippen LogP contribution in [0.25, 0.3) is 0 Å². The molecule has 2 N–H and O–H groups in total. The van der Waals surface area contributed by atoms with Crippen LogP contribution in [-0.4, -0.2) is 17.9 Å². The van der Waals surface area contributed by atoms with Crippen molar-refractivity contribution in [2.45, 2.75) is 52.0 Å². The van der Waals surface area contributed by atoms with Gasteiger partial charge in [-0.25, -0.2) is 0 Å². The second kappa shape index (κ2) is 5.17. The maximum Gasteiger partial charge on any atom is 0.251 e. The maximum absolute atomic E-state index is 12.4. The zero-order chi connectivity index (χ0) is 15.0. The van der Waals surface area contributed by atoms with Gasteiger partial charge in [-0.2, -0.15) is 0 Å². The number of benzene rings is 1. The fraction of sp³-hybridized carbons (Fsp3) is 0.529. The lowest BCUT2D eigenvalue weighted by Crippen LogP contribution is -2.40. The van der Waals surface area contributed by atoms with Crippen LogP contribution in [0.1, 0.15) is 55.5 Å². The van der Waals surface area contributed by atoms with E-state index >= 15 is 0 Å². The SMILES string of the molecule is CC1(C)CCCC(NC(=O)c2ccc3c(c2)NC(=O)C3)C1. The van der Waals surface area contributed by atoms with Crippen molar-refractivity contribution >= 4 is 17.5 Å². The molecule has 21 heavy (non-hydrogen) atoms. The minimum atomic E-state index is -0.0401. The predicted octanol–water partition coefficient (Wildman–Crippen LogP) is 2.88. The number of hydrogen-bond donors (Lipinski definition) is 2. The summed E-state index contributed by atoms with van der Waals surface area (Å²) in [6.45, 7) is 4.52. The van der Waals surface area contributed by atoms with Crippen molar-refractivity contribution < 1.29 is 9.59 Å². The van der Waals surface area contributed by atoms with Crippen LogP contribution in [0.15, 0.2) is 18.2 Å². The summed E-state index contributed by atoms with van der Waals surface area (Å²) in [6.07, 6.45) is 4.88.